The number of sulfone groups is 1. The van der Waals surface area contributed by atoms with Gasteiger partial charge in [-0.2, -0.15) is 0 Å². The number of halogens is 1. The molecule has 28 heavy (non-hydrogen) atoms. The first-order valence-corrected chi connectivity index (χ1v) is 11.5. The second-order valence-electron chi connectivity index (χ2n) is 6.74. The number of amides is 1. The molecule has 0 spiro atoms. The Morgan fingerprint density at radius 2 is 1.75 bits per heavy atom. The van der Waals surface area contributed by atoms with Crippen LogP contribution in [0.4, 0.5) is 0 Å². The molecule has 7 heteroatoms. The molecule has 2 atom stereocenters. The fourth-order valence-electron chi connectivity index (χ4n) is 2.81. The topological polar surface area (TPSA) is 72.5 Å². The Morgan fingerprint density at radius 1 is 1.11 bits per heavy atom. The molecule has 2 aromatic carbocycles. The fraction of sp³-hybridized carbons (Fsp3) is 0.381. The van der Waals surface area contributed by atoms with Crippen LogP contribution >= 0.6 is 11.6 Å². The van der Waals surface area contributed by atoms with Gasteiger partial charge in [-0.05, 0) is 61.2 Å². The summed E-state index contributed by atoms with van der Waals surface area (Å²) in [6.07, 6.45) is 1.71. The number of benzene rings is 2. The second-order valence-corrected chi connectivity index (χ2v) is 9.16. The molecule has 0 heterocycles. The van der Waals surface area contributed by atoms with Crippen molar-refractivity contribution in [2.24, 2.45) is 0 Å². The normalized spacial score (nSPS) is 13.6. The number of nitrogens with one attached hydrogen (secondary N) is 1. The minimum Gasteiger partial charge on any atom is -0.481 e. The van der Waals surface area contributed by atoms with E-state index in [4.69, 9.17) is 16.3 Å². The van der Waals surface area contributed by atoms with Crippen molar-refractivity contribution >= 4 is 27.3 Å². The first-order valence-electron chi connectivity index (χ1n) is 9.18. The predicted molar refractivity (Wildman–Crippen MR) is 112 cm³/mol. The minimum atomic E-state index is -3.25. The average Bonchev–Trinajstić information content (AvgIpc) is 2.66. The zero-order valence-electron chi connectivity index (χ0n) is 16.5. The Kier molecular flexibility index (Phi) is 7.49. The summed E-state index contributed by atoms with van der Waals surface area (Å²) < 4.78 is 29.1. The van der Waals surface area contributed by atoms with Gasteiger partial charge in [-0.3, -0.25) is 4.79 Å². The first-order chi connectivity index (χ1) is 13.2. The van der Waals surface area contributed by atoms with Crippen molar-refractivity contribution in [1.82, 2.24) is 5.32 Å². The molecule has 5 nitrogen and oxygen atoms in total. The Hall–Kier alpha value is -2.05. The summed E-state index contributed by atoms with van der Waals surface area (Å²) in [5.74, 6) is 0.378. The van der Waals surface area contributed by atoms with Crippen molar-refractivity contribution in [3.8, 4) is 5.75 Å². The maximum absolute atomic E-state index is 12.7. The SMILES string of the molecule is CC[C@H](Oc1ccc(Cl)c(C)c1)C(=O)N[C@H](CC)c1ccc(S(C)(=O)=O)cc1. The van der Waals surface area contributed by atoms with E-state index < -0.39 is 15.9 Å². The minimum absolute atomic E-state index is 0.214. The van der Waals surface area contributed by atoms with Crippen LogP contribution in [0.2, 0.25) is 5.02 Å². The molecule has 0 saturated heterocycles. The molecule has 0 aliphatic carbocycles. The van der Waals surface area contributed by atoms with Crippen molar-refractivity contribution in [3.63, 3.8) is 0 Å². The highest BCUT2D eigenvalue weighted by molar-refractivity contribution is 7.90. The summed E-state index contributed by atoms with van der Waals surface area (Å²) >= 11 is 6.04. The number of carbonyl (C=O) groups is 1. The maximum Gasteiger partial charge on any atom is 0.261 e. The molecule has 1 N–H and O–H groups in total. The molecular formula is C21H26ClNO4S. The van der Waals surface area contributed by atoms with Crippen molar-refractivity contribution in [2.75, 3.05) is 6.26 Å². The number of hydrogen-bond donors (Lipinski definition) is 1. The molecule has 1 amide bonds. The molecule has 0 aromatic heterocycles. The van der Waals surface area contributed by atoms with Crippen LogP contribution in [0.1, 0.15) is 43.9 Å². The summed E-state index contributed by atoms with van der Waals surface area (Å²) in [6.45, 7) is 5.72. The van der Waals surface area contributed by atoms with E-state index in [0.717, 1.165) is 11.1 Å². The van der Waals surface area contributed by atoms with E-state index in [2.05, 4.69) is 5.32 Å². The number of carbonyl (C=O) groups excluding carboxylic acids is 1. The van der Waals surface area contributed by atoms with E-state index in [-0.39, 0.29) is 16.8 Å². The van der Waals surface area contributed by atoms with Gasteiger partial charge in [0, 0.05) is 11.3 Å². The van der Waals surface area contributed by atoms with Crippen LogP contribution in [0, 0.1) is 6.92 Å². The highest BCUT2D eigenvalue weighted by Crippen LogP contribution is 2.23. The van der Waals surface area contributed by atoms with E-state index in [1.54, 1.807) is 42.5 Å². The fourth-order valence-corrected chi connectivity index (χ4v) is 3.56. The highest BCUT2D eigenvalue weighted by atomic mass is 35.5. The van der Waals surface area contributed by atoms with Gasteiger partial charge in [-0.1, -0.05) is 37.6 Å². The zero-order valence-corrected chi connectivity index (χ0v) is 18.1. The van der Waals surface area contributed by atoms with Crippen LogP contribution in [0.5, 0.6) is 5.75 Å². The van der Waals surface area contributed by atoms with Gasteiger partial charge < -0.3 is 10.1 Å². The van der Waals surface area contributed by atoms with E-state index in [1.807, 2.05) is 20.8 Å². The summed E-state index contributed by atoms with van der Waals surface area (Å²) in [5, 5.41) is 3.65. The van der Waals surface area contributed by atoms with Gasteiger partial charge in [-0.25, -0.2) is 8.42 Å². The third-order valence-corrected chi connectivity index (χ3v) is 6.06. The van der Waals surface area contributed by atoms with Gasteiger partial charge in [0.15, 0.2) is 15.9 Å². The molecule has 0 radical (unpaired) electrons. The second kappa shape index (κ2) is 9.43. The quantitative estimate of drug-likeness (QED) is 0.679. The summed E-state index contributed by atoms with van der Waals surface area (Å²) in [6, 6.07) is 11.6. The lowest BCUT2D eigenvalue weighted by Gasteiger charge is -2.23. The molecule has 152 valence electrons. The van der Waals surface area contributed by atoms with Gasteiger partial charge in [-0.15, -0.1) is 0 Å². The summed E-state index contributed by atoms with van der Waals surface area (Å²) in [7, 11) is -3.25. The van der Waals surface area contributed by atoms with E-state index in [0.29, 0.717) is 23.6 Å². The van der Waals surface area contributed by atoms with Crippen LogP contribution in [-0.2, 0) is 14.6 Å². The smallest absolute Gasteiger partial charge is 0.261 e. The molecule has 0 aliphatic heterocycles. The molecular weight excluding hydrogens is 398 g/mol. The lowest BCUT2D eigenvalue weighted by atomic mass is 10.0. The third kappa shape index (κ3) is 5.72. The molecule has 2 rings (SSSR count). The zero-order chi connectivity index (χ0) is 20.9. The molecule has 0 fully saturated rings. The summed E-state index contributed by atoms with van der Waals surface area (Å²) in [4.78, 5) is 13.0. The van der Waals surface area contributed by atoms with Gasteiger partial charge in [0.25, 0.3) is 5.91 Å². The van der Waals surface area contributed by atoms with E-state index in [1.165, 1.54) is 6.26 Å². The van der Waals surface area contributed by atoms with Gasteiger partial charge in [0.1, 0.15) is 5.75 Å². The Labute approximate surface area is 172 Å². The Bertz CT molecular complexity index is 926. The van der Waals surface area contributed by atoms with Gasteiger partial charge in [0.05, 0.1) is 10.9 Å². The van der Waals surface area contributed by atoms with Crippen LogP contribution in [0.3, 0.4) is 0 Å². The van der Waals surface area contributed by atoms with E-state index in [9.17, 15) is 13.2 Å². The van der Waals surface area contributed by atoms with Crippen molar-refractivity contribution in [2.45, 2.75) is 50.7 Å². The van der Waals surface area contributed by atoms with Crippen molar-refractivity contribution in [3.05, 3.63) is 58.6 Å². The van der Waals surface area contributed by atoms with Gasteiger partial charge >= 0.3 is 0 Å². The third-order valence-electron chi connectivity index (χ3n) is 4.51. The standard InChI is InChI=1S/C21H26ClNO4S/c1-5-19(15-7-10-17(11-8-15)28(4,25)26)23-21(24)20(6-2)27-16-9-12-18(22)14(3)13-16/h7-13,19-20H,5-6H2,1-4H3,(H,23,24)/t19-,20+/m1/s1. The van der Waals surface area contributed by atoms with Crippen molar-refractivity contribution in [1.29, 1.82) is 0 Å². The maximum atomic E-state index is 12.7. The lowest BCUT2D eigenvalue weighted by molar-refractivity contribution is -0.128. The molecule has 0 unspecified atom stereocenters. The average molecular weight is 424 g/mol. The Balaban J connectivity index is 2.11. The first kappa shape index (κ1) is 22.2. The number of rotatable bonds is 8. The van der Waals surface area contributed by atoms with Crippen LogP contribution in [0.25, 0.3) is 0 Å². The lowest BCUT2D eigenvalue weighted by Crippen LogP contribution is -2.40. The largest absolute Gasteiger partial charge is 0.481 e. The highest BCUT2D eigenvalue weighted by Gasteiger charge is 2.22. The Morgan fingerprint density at radius 3 is 2.25 bits per heavy atom. The number of hydrogen-bond acceptors (Lipinski definition) is 4. The molecule has 0 saturated carbocycles. The number of ether oxygens (including phenoxy) is 1. The van der Waals surface area contributed by atoms with Crippen LogP contribution in [0.15, 0.2) is 47.4 Å². The van der Waals surface area contributed by atoms with Crippen molar-refractivity contribution < 1.29 is 17.9 Å². The number of aryl methyl sites for hydroxylation is 1. The molecule has 2 aromatic rings. The monoisotopic (exact) mass is 423 g/mol. The van der Waals surface area contributed by atoms with Crippen LogP contribution < -0.4 is 10.1 Å². The molecule has 0 aliphatic rings. The van der Waals surface area contributed by atoms with Gasteiger partial charge in [0.2, 0.25) is 0 Å². The van der Waals surface area contributed by atoms with Crippen LogP contribution in [-0.4, -0.2) is 26.7 Å². The van der Waals surface area contributed by atoms with E-state index >= 15 is 0 Å². The molecule has 0 bridgehead atoms. The summed E-state index contributed by atoms with van der Waals surface area (Å²) in [5.41, 5.74) is 1.73. The predicted octanol–water partition coefficient (Wildman–Crippen LogP) is 4.48.